The van der Waals surface area contributed by atoms with Crippen LogP contribution in [0.4, 0.5) is 5.82 Å². The molecule has 0 atom stereocenters. The maximum absolute atomic E-state index is 12.3. The van der Waals surface area contributed by atoms with Crippen LogP contribution in [0.15, 0.2) is 57.9 Å². The predicted octanol–water partition coefficient (Wildman–Crippen LogP) is 2.34. The highest BCUT2D eigenvalue weighted by atomic mass is 16.4. The number of carbonyl (C=O) groups is 1. The number of para-hydroxylation sites is 1. The monoisotopic (exact) mass is 323 g/mol. The van der Waals surface area contributed by atoms with Crippen molar-refractivity contribution in [3.8, 4) is 0 Å². The lowest BCUT2D eigenvalue weighted by atomic mass is 10.1. The Morgan fingerprint density at radius 1 is 1.12 bits per heavy atom. The van der Waals surface area contributed by atoms with E-state index in [0.717, 1.165) is 11.2 Å². The van der Waals surface area contributed by atoms with Gasteiger partial charge in [-0.1, -0.05) is 24.3 Å². The highest BCUT2D eigenvalue weighted by molar-refractivity contribution is 5.99. The lowest BCUT2D eigenvalue weighted by Crippen LogP contribution is -2.33. The zero-order chi connectivity index (χ0) is 16.9. The fourth-order valence-corrected chi connectivity index (χ4v) is 2.49. The molecule has 1 amide bonds. The zero-order valence-corrected chi connectivity index (χ0v) is 13.2. The summed E-state index contributed by atoms with van der Waals surface area (Å²) in [5.74, 6) is 0.294. The Morgan fingerprint density at radius 2 is 1.92 bits per heavy atom. The molecule has 0 fully saturated rings. The van der Waals surface area contributed by atoms with Gasteiger partial charge in [-0.05, 0) is 30.7 Å². The van der Waals surface area contributed by atoms with Crippen LogP contribution >= 0.6 is 0 Å². The van der Waals surface area contributed by atoms with Crippen molar-refractivity contribution >= 4 is 22.7 Å². The lowest BCUT2D eigenvalue weighted by Gasteiger charge is -2.09. The van der Waals surface area contributed by atoms with Gasteiger partial charge in [0.1, 0.15) is 17.0 Å². The van der Waals surface area contributed by atoms with E-state index in [1.54, 1.807) is 25.3 Å². The summed E-state index contributed by atoms with van der Waals surface area (Å²) < 4.78 is 5.23. The Balaban J connectivity index is 1.69. The highest BCUT2D eigenvalue weighted by Gasteiger charge is 2.17. The molecular formula is C18H17N3O3. The number of rotatable bonds is 5. The molecule has 0 aliphatic carbocycles. The molecule has 2 aromatic heterocycles. The van der Waals surface area contributed by atoms with Gasteiger partial charge in [-0.3, -0.25) is 4.79 Å². The van der Waals surface area contributed by atoms with E-state index in [9.17, 15) is 9.59 Å². The summed E-state index contributed by atoms with van der Waals surface area (Å²) in [4.78, 5) is 28.6. The van der Waals surface area contributed by atoms with Crippen LogP contribution in [0.5, 0.6) is 0 Å². The molecule has 0 saturated heterocycles. The van der Waals surface area contributed by atoms with E-state index in [1.807, 2.05) is 30.3 Å². The van der Waals surface area contributed by atoms with Gasteiger partial charge in [0.25, 0.3) is 5.91 Å². The van der Waals surface area contributed by atoms with Crippen molar-refractivity contribution in [2.24, 2.45) is 0 Å². The number of nitrogens with one attached hydrogen (secondary N) is 2. The minimum Gasteiger partial charge on any atom is -0.422 e. The maximum atomic E-state index is 12.3. The van der Waals surface area contributed by atoms with Crippen molar-refractivity contribution in [1.82, 2.24) is 10.3 Å². The lowest BCUT2D eigenvalue weighted by molar-refractivity contribution is 0.0951. The first-order valence-corrected chi connectivity index (χ1v) is 7.62. The van der Waals surface area contributed by atoms with E-state index in [-0.39, 0.29) is 5.56 Å². The summed E-state index contributed by atoms with van der Waals surface area (Å²) in [6.07, 6.45) is 1.69. The molecule has 0 saturated carbocycles. The van der Waals surface area contributed by atoms with E-state index < -0.39 is 11.5 Å². The highest BCUT2D eigenvalue weighted by Crippen LogP contribution is 2.18. The van der Waals surface area contributed by atoms with E-state index in [1.165, 1.54) is 0 Å². The Bertz CT molecular complexity index is 920. The first-order valence-electron chi connectivity index (χ1n) is 7.62. The van der Waals surface area contributed by atoms with Crippen LogP contribution in [0.2, 0.25) is 0 Å². The number of anilines is 1. The van der Waals surface area contributed by atoms with Gasteiger partial charge >= 0.3 is 5.63 Å². The zero-order valence-electron chi connectivity index (χ0n) is 13.2. The number of hydrogen-bond donors (Lipinski definition) is 2. The quantitative estimate of drug-likeness (QED) is 0.556. The number of pyridine rings is 1. The fraction of sp³-hybridized carbons (Fsp3) is 0.167. The molecule has 24 heavy (non-hydrogen) atoms. The molecule has 3 aromatic rings. The first-order chi connectivity index (χ1) is 11.7. The molecule has 0 radical (unpaired) electrons. The maximum Gasteiger partial charge on any atom is 0.349 e. The Morgan fingerprint density at radius 3 is 2.71 bits per heavy atom. The first kappa shape index (κ1) is 15.7. The van der Waals surface area contributed by atoms with Gasteiger partial charge < -0.3 is 15.1 Å². The molecule has 6 heteroatoms. The molecule has 0 aliphatic heterocycles. The van der Waals surface area contributed by atoms with Gasteiger partial charge in [-0.2, -0.15) is 0 Å². The summed E-state index contributed by atoms with van der Waals surface area (Å²) in [6, 6.07) is 12.7. The number of aromatic nitrogens is 1. The third-order valence-electron chi connectivity index (χ3n) is 3.68. The van der Waals surface area contributed by atoms with E-state index in [2.05, 4.69) is 15.6 Å². The van der Waals surface area contributed by atoms with E-state index >= 15 is 0 Å². The minimum atomic E-state index is -0.624. The van der Waals surface area contributed by atoms with Gasteiger partial charge in [0, 0.05) is 24.7 Å². The molecule has 0 spiro atoms. The number of aryl methyl sites for hydroxylation is 1. The molecule has 6 nitrogen and oxygen atoms in total. The van der Waals surface area contributed by atoms with Crippen molar-refractivity contribution in [2.45, 2.75) is 6.92 Å². The standard InChI is InChI=1S/C18H17N3O3/c1-12-13-6-2-3-7-14(13)24-18(23)16(12)17(22)21-11-10-20-15-8-4-5-9-19-15/h2-9H,10-11H2,1H3,(H,19,20)(H,21,22). The third kappa shape index (κ3) is 3.27. The molecule has 0 unspecified atom stereocenters. The molecule has 122 valence electrons. The molecule has 3 rings (SSSR count). The van der Waals surface area contributed by atoms with Crippen molar-refractivity contribution in [2.75, 3.05) is 18.4 Å². The molecule has 2 heterocycles. The van der Waals surface area contributed by atoms with Gasteiger partial charge in [-0.25, -0.2) is 9.78 Å². The molecule has 0 aliphatic rings. The normalized spacial score (nSPS) is 10.5. The van der Waals surface area contributed by atoms with Crippen LogP contribution < -0.4 is 16.3 Å². The topological polar surface area (TPSA) is 84.2 Å². The van der Waals surface area contributed by atoms with Crippen molar-refractivity contribution in [1.29, 1.82) is 0 Å². The third-order valence-corrected chi connectivity index (χ3v) is 3.68. The summed E-state index contributed by atoms with van der Waals surface area (Å²) in [7, 11) is 0. The summed E-state index contributed by atoms with van der Waals surface area (Å²) in [5.41, 5.74) is 0.526. The van der Waals surface area contributed by atoms with Gasteiger partial charge in [0.2, 0.25) is 0 Å². The van der Waals surface area contributed by atoms with Crippen molar-refractivity contribution < 1.29 is 9.21 Å². The second-order valence-corrected chi connectivity index (χ2v) is 5.28. The van der Waals surface area contributed by atoms with Gasteiger partial charge in [0.05, 0.1) is 0 Å². The summed E-state index contributed by atoms with van der Waals surface area (Å²) in [5, 5.41) is 6.57. The smallest absolute Gasteiger partial charge is 0.349 e. The van der Waals surface area contributed by atoms with Crippen LogP contribution in [0, 0.1) is 6.92 Å². The number of benzene rings is 1. The summed E-state index contributed by atoms with van der Waals surface area (Å²) >= 11 is 0. The van der Waals surface area contributed by atoms with Crippen LogP contribution in [-0.4, -0.2) is 24.0 Å². The van der Waals surface area contributed by atoms with Gasteiger partial charge in [0.15, 0.2) is 0 Å². The van der Waals surface area contributed by atoms with Crippen LogP contribution in [-0.2, 0) is 0 Å². The second-order valence-electron chi connectivity index (χ2n) is 5.28. The van der Waals surface area contributed by atoms with Crippen molar-refractivity contribution in [3.05, 3.63) is 70.2 Å². The largest absolute Gasteiger partial charge is 0.422 e. The van der Waals surface area contributed by atoms with Crippen LogP contribution in [0.1, 0.15) is 15.9 Å². The molecule has 1 aromatic carbocycles. The average Bonchev–Trinajstić information content (AvgIpc) is 2.60. The number of carbonyl (C=O) groups excluding carboxylic acids is 1. The average molecular weight is 323 g/mol. The van der Waals surface area contributed by atoms with E-state index in [4.69, 9.17) is 4.42 Å². The van der Waals surface area contributed by atoms with Crippen molar-refractivity contribution in [3.63, 3.8) is 0 Å². The molecule has 0 bridgehead atoms. The number of fused-ring (bicyclic) bond motifs is 1. The number of nitrogens with zero attached hydrogens (tertiary/aromatic N) is 1. The van der Waals surface area contributed by atoms with Crippen LogP contribution in [0.25, 0.3) is 11.0 Å². The fourth-order valence-electron chi connectivity index (χ4n) is 2.49. The Kier molecular flexibility index (Phi) is 4.56. The molecular weight excluding hydrogens is 306 g/mol. The van der Waals surface area contributed by atoms with Crippen LogP contribution in [0.3, 0.4) is 0 Å². The summed E-state index contributed by atoms with van der Waals surface area (Å²) in [6.45, 7) is 2.61. The van der Waals surface area contributed by atoms with E-state index in [0.29, 0.717) is 24.2 Å². The number of hydrogen-bond acceptors (Lipinski definition) is 5. The minimum absolute atomic E-state index is 0.0477. The second kappa shape index (κ2) is 6.95. The molecule has 2 N–H and O–H groups in total. The van der Waals surface area contributed by atoms with Gasteiger partial charge in [-0.15, -0.1) is 0 Å². The SMILES string of the molecule is Cc1c(C(=O)NCCNc2ccccn2)c(=O)oc2ccccc12. The predicted molar refractivity (Wildman–Crippen MR) is 92.3 cm³/mol. The Labute approximate surface area is 138 Å². The Hall–Kier alpha value is -3.15. The number of amides is 1.